The predicted molar refractivity (Wildman–Crippen MR) is 113 cm³/mol. The summed E-state index contributed by atoms with van der Waals surface area (Å²) in [5.41, 5.74) is 2.56. The Balaban J connectivity index is 1.63. The lowest BCUT2D eigenvalue weighted by molar-refractivity contribution is 0.102. The van der Waals surface area contributed by atoms with Crippen LogP contribution >= 0.6 is 0 Å². The Morgan fingerprint density at radius 2 is 1.70 bits per heavy atom. The van der Waals surface area contributed by atoms with Gasteiger partial charge in [-0.25, -0.2) is 0 Å². The minimum absolute atomic E-state index is 0.290. The number of hydrogen-bond acceptors (Lipinski definition) is 6. The summed E-state index contributed by atoms with van der Waals surface area (Å²) in [6.45, 7) is 0. The van der Waals surface area contributed by atoms with E-state index >= 15 is 0 Å². The molecule has 8 nitrogen and oxygen atoms in total. The van der Waals surface area contributed by atoms with Crippen LogP contribution in [0, 0.1) is 0 Å². The SMILES string of the molecule is COc1cc(-c2cc(NC(=O)c3cccc4cccnc34)n[nH]2)cc(OC)c1OC. The van der Waals surface area contributed by atoms with E-state index in [0.29, 0.717) is 39.8 Å². The number of nitrogens with zero attached hydrogens (tertiary/aromatic N) is 2. The fourth-order valence-electron chi connectivity index (χ4n) is 3.24. The monoisotopic (exact) mass is 404 g/mol. The largest absolute Gasteiger partial charge is 0.493 e. The number of ether oxygens (including phenoxy) is 3. The molecule has 152 valence electrons. The van der Waals surface area contributed by atoms with Crippen LogP contribution < -0.4 is 19.5 Å². The summed E-state index contributed by atoms with van der Waals surface area (Å²) in [4.78, 5) is 17.1. The summed E-state index contributed by atoms with van der Waals surface area (Å²) < 4.78 is 16.1. The molecule has 0 aliphatic heterocycles. The van der Waals surface area contributed by atoms with Crippen molar-refractivity contribution in [1.82, 2.24) is 15.2 Å². The zero-order valence-electron chi connectivity index (χ0n) is 16.7. The molecule has 0 unspecified atom stereocenters. The van der Waals surface area contributed by atoms with Gasteiger partial charge in [-0.2, -0.15) is 5.10 Å². The molecule has 0 saturated heterocycles. The van der Waals surface area contributed by atoms with Crippen molar-refractivity contribution in [2.75, 3.05) is 26.6 Å². The number of hydrogen-bond donors (Lipinski definition) is 2. The molecule has 2 heterocycles. The van der Waals surface area contributed by atoms with E-state index in [1.54, 1.807) is 51.8 Å². The zero-order valence-corrected chi connectivity index (χ0v) is 16.7. The van der Waals surface area contributed by atoms with E-state index in [1.165, 1.54) is 0 Å². The van der Waals surface area contributed by atoms with Crippen molar-refractivity contribution in [2.45, 2.75) is 0 Å². The van der Waals surface area contributed by atoms with Crippen LogP contribution in [-0.4, -0.2) is 42.4 Å². The third kappa shape index (κ3) is 3.50. The Labute approximate surface area is 172 Å². The topological polar surface area (TPSA) is 98.4 Å². The van der Waals surface area contributed by atoms with Gasteiger partial charge in [-0.15, -0.1) is 0 Å². The van der Waals surface area contributed by atoms with Crippen molar-refractivity contribution < 1.29 is 19.0 Å². The molecule has 0 spiro atoms. The zero-order chi connectivity index (χ0) is 21.1. The molecule has 8 heteroatoms. The van der Waals surface area contributed by atoms with Gasteiger partial charge in [0.1, 0.15) is 0 Å². The van der Waals surface area contributed by atoms with Gasteiger partial charge < -0.3 is 19.5 Å². The number of aromatic nitrogens is 3. The second kappa shape index (κ2) is 8.12. The first-order valence-electron chi connectivity index (χ1n) is 9.15. The van der Waals surface area contributed by atoms with E-state index in [4.69, 9.17) is 14.2 Å². The molecule has 2 aromatic heterocycles. The highest BCUT2D eigenvalue weighted by molar-refractivity contribution is 6.11. The lowest BCUT2D eigenvalue weighted by Crippen LogP contribution is -2.13. The fraction of sp³-hybridized carbons (Fsp3) is 0.136. The Morgan fingerprint density at radius 1 is 0.967 bits per heavy atom. The quantitative estimate of drug-likeness (QED) is 0.506. The van der Waals surface area contributed by atoms with Gasteiger partial charge in [0.15, 0.2) is 17.3 Å². The van der Waals surface area contributed by atoms with Crippen molar-refractivity contribution in [2.24, 2.45) is 0 Å². The van der Waals surface area contributed by atoms with Gasteiger partial charge in [-0.1, -0.05) is 18.2 Å². The number of pyridine rings is 1. The third-order valence-electron chi connectivity index (χ3n) is 4.67. The first kappa shape index (κ1) is 19.3. The Kier molecular flexibility index (Phi) is 5.21. The molecule has 0 radical (unpaired) electrons. The normalized spacial score (nSPS) is 10.6. The van der Waals surface area contributed by atoms with E-state index in [-0.39, 0.29) is 5.91 Å². The van der Waals surface area contributed by atoms with Crippen LogP contribution in [0.4, 0.5) is 5.82 Å². The van der Waals surface area contributed by atoms with Crippen molar-refractivity contribution in [1.29, 1.82) is 0 Å². The maximum absolute atomic E-state index is 12.8. The van der Waals surface area contributed by atoms with Gasteiger partial charge >= 0.3 is 0 Å². The van der Waals surface area contributed by atoms with Crippen LogP contribution in [0.15, 0.2) is 54.7 Å². The highest BCUT2D eigenvalue weighted by Gasteiger charge is 2.17. The molecule has 30 heavy (non-hydrogen) atoms. The van der Waals surface area contributed by atoms with Crippen LogP contribution in [0.5, 0.6) is 17.2 Å². The average molecular weight is 404 g/mol. The van der Waals surface area contributed by atoms with Gasteiger partial charge in [0.05, 0.1) is 38.1 Å². The van der Waals surface area contributed by atoms with Gasteiger partial charge in [0.25, 0.3) is 5.91 Å². The minimum atomic E-state index is -0.290. The number of methoxy groups -OCH3 is 3. The number of amides is 1. The van der Waals surface area contributed by atoms with Crippen LogP contribution in [0.1, 0.15) is 10.4 Å². The molecule has 4 aromatic rings. The van der Waals surface area contributed by atoms with E-state index in [9.17, 15) is 4.79 Å². The second-order valence-electron chi connectivity index (χ2n) is 6.42. The number of para-hydroxylation sites is 1. The number of H-pyrrole nitrogens is 1. The highest BCUT2D eigenvalue weighted by Crippen LogP contribution is 2.41. The minimum Gasteiger partial charge on any atom is -0.493 e. The van der Waals surface area contributed by atoms with Crippen LogP contribution in [0.3, 0.4) is 0 Å². The number of rotatable bonds is 6. The average Bonchev–Trinajstić information content (AvgIpc) is 3.25. The molecule has 0 bridgehead atoms. The highest BCUT2D eigenvalue weighted by atomic mass is 16.5. The number of fused-ring (bicyclic) bond motifs is 1. The van der Waals surface area contributed by atoms with E-state index in [1.807, 2.05) is 24.3 Å². The lowest BCUT2D eigenvalue weighted by Gasteiger charge is -2.13. The van der Waals surface area contributed by atoms with E-state index < -0.39 is 0 Å². The van der Waals surface area contributed by atoms with Gasteiger partial charge in [0, 0.05) is 23.2 Å². The number of anilines is 1. The number of carbonyl (C=O) groups is 1. The third-order valence-corrected chi connectivity index (χ3v) is 4.67. The summed E-state index contributed by atoms with van der Waals surface area (Å²) in [6.07, 6.45) is 1.66. The first-order chi connectivity index (χ1) is 14.6. The molecular formula is C22H20N4O4. The number of benzene rings is 2. The summed E-state index contributed by atoms with van der Waals surface area (Å²) in [5.74, 6) is 1.64. The maximum atomic E-state index is 12.8. The standard InChI is InChI=1S/C22H20N4O4/c1-28-17-10-14(11-18(29-2)21(17)30-3)16-12-19(26-25-16)24-22(27)15-8-4-6-13-7-5-9-23-20(13)15/h4-12H,1-3H3,(H2,24,25,26,27). The molecule has 0 aliphatic carbocycles. The summed E-state index contributed by atoms with van der Waals surface area (Å²) in [5, 5.41) is 10.8. The van der Waals surface area contributed by atoms with E-state index in [0.717, 1.165) is 10.9 Å². The Morgan fingerprint density at radius 3 is 2.40 bits per heavy atom. The molecule has 2 aromatic carbocycles. The molecule has 0 aliphatic rings. The molecule has 0 atom stereocenters. The van der Waals surface area contributed by atoms with Crippen molar-refractivity contribution in [3.8, 4) is 28.5 Å². The predicted octanol–water partition coefficient (Wildman–Crippen LogP) is 3.90. The molecule has 2 N–H and O–H groups in total. The van der Waals surface area contributed by atoms with Gasteiger partial charge in [0.2, 0.25) is 5.75 Å². The van der Waals surface area contributed by atoms with Crippen molar-refractivity contribution >= 4 is 22.6 Å². The molecule has 0 saturated carbocycles. The summed E-state index contributed by atoms with van der Waals surface area (Å²) >= 11 is 0. The lowest BCUT2D eigenvalue weighted by atomic mass is 10.1. The number of carbonyl (C=O) groups excluding carboxylic acids is 1. The Hall–Kier alpha value is -4.07. The van der Waals surface area contributed by atoms with Gasteiger partial charge in [-0.05, 0) is 24.3 Å². The molecule has 1 amide bonds. The molecular weight excluding hydrogens is 384 g/mol. The van der Waals surface area contributed by atoms with Crippen LogP contribution in [0.2, 0.25) is 0 Å². The smallest absolute Gasteiger partial charge is 0.259 e. The number of nitrogens with one attached hydrogen (secondary N) is 2. The van der Waals surface area contributed by atoms with E-state index in [2.05, 4.69) is 20.5 Å². The molecule has 0 fully saturated rings. The van der Waals surface area contributed by atoms with Crippen molar-refractivity contribution in [3.63, 3.8) is 0 Å². The van der Waals surface area contributed by atoms with Gasteiger partial charge in [-0.3, -0.25) is 14.9 Å². The summed E-state index contributed by atoms with van der Waals surface area (Å²) in [6, 6.07) is 14.6. The summed E-state index contributed by atoms with van der Waals surface area (Å²) in [7, 11) is 4.65. The molecule has 4 rings (SSSR count). The maximum Gasteiger partial charge on any atom is 0.259 e. The first-order valence-corrected chi connectivity index (χ1v) is 9.15. The van der Waals surface area contributed by atoms with Crippen LogP contribution in [-0.2, 0) is 0 Å². The number of aromatic amines is 1. The van der Waals surface area contributed by atoms with Crippen LogP contribution in [0.25, 0.3) is 22.2 Å². The Bertz CT molecular complexity index is 1190. The fourth-order valence-corrected chi connectivity index (χ4v) is 3.24. The second-order valence-corrected chi connectivity index (χ2v) is 6.42. The van der Waals surface area contributed by atoms with Crippen molar-refractivity contribution in [3.05, 3.63) is 60.3 Å².